The molecule has 2 aliphatic rings. The Balaban J connectivity index is 1.64. The van der Waals surface area contributed by atoms with Crippen LogP contribution in [0.2, 0.25) is 0 Å². The minimum atomic E-state index is -4.69. The number of hydrogen-bond acceptors (Lipinski definition) is 4. The lowest BCUT2D eigenvalue weighted by Gasteiger charge is -2.33. The smallest absolute Gasteiger partial charge is 0.379 e. The van der Waals surface area contributed by atoms with Crippen molar-refractivity contribution in [1.29, 1.82) is 0 Å². The molecule has 188 valence electrons. The Morgan fingerprint density at radius 3 is 2.66 bits per heavy atom. The van der Waals surface area contributed by atoms with Crippen LogP contribution < -0.4 is 10.6 Å². The molecule has 2 heterocycles. The minimum Gasteiger partial charge on any atom is -0.379 e. The van der Waals surface area contributed by atoms with Gasteiger partial charge < -0.3 is 15.5 Å². The second-order valence-corrected chi connectivity index (χ2v) is 9.10. The molecule has 1 saturated carbocycles. The molecule has 5 nitrogen and oxygen atoms in total. The van der Waals surface area contributed by atoms with E-state index in [0.717, 1.165) is 0 Å². The number of nitrogens with zero attached hydrogens (tertiary/aromatic N) is 2. The third-order valence-electron chi connectivity index (χ3n) is 6.34. The van der Waals surface area contributed by atoms with E-state index in [2.05, 4.69) is 22.2 Å². The number of alkyl halides is 5. The van der Waals surface area contributed by atoms with Crippen molar-refractivity contribution in [3.05, 3.63) is 48.3 Å². The van der Waals surface area contributed by atoms with Gasteiger partial charge in [0.25, 0.3) is 0 Å². The van der Waals surface area contributed by atoms with Gasteiger partial charge in [-0.25, -0.2) is 13.8 Å². The van der Waals surface area contributed by atoms with Gasteiger partial charge in [0.15, 0.2) is 0 Å². The molecule has 0 spiro atoms. The number of benzene rings is 1. The highest BCUT2D eigenvalue weighted by atomic mass is 19.4. The molecule has 0 unspecified atom stereocenters. The number of aromatic nitrogens is 1. The first kappa shape index (κ1) is 25.1. The van der Waals surface area contributed by atoms with Gasteiger partial charge in [-0.15, -0.1) is 0 Å². The number of likely N-dealkylation sites (tertiary alicyclic amines) is 1. The summed E-state index contributed by atoms with van der Waals surface area (Å²) >= 11 is 0. The highest BCUT2D eigenvalue weighted by Crippen LogP contribution is 2.37. The molecule has 1 aliphatic heterocycles. The van der Waals surface area contributed by atoms with Crippen LogP contribution in [0.5, 0.6) is 0 Å². The van der Waals surface area contributed by atoms with E-state index in [1.54, 1.807) is 18.2 Å². The standard InChI is InChI=1S/C25H27F5N4O/c1-14(25(28,29)30)23-16-6-3-7-21(33-22-8-10-34(2)13-20(22)27)17(16)11-15(32-23)5-4-9-31-24(35)18-12-19(18)26/h3-7,11,18-20,22,33H,1,8-10,12-13H2,2H3,(H,31,35)/b5-4+/t18-,19-,20-,22+/m0/s1. The van der Waals surface area contributed by atoms with Gasteiger partial charge in [-0.1, -0.05) is 24.8 Å². The number of fused-ring (bicyclic) bond motifs is 1. The fourth-order valence-electron chi connectivity index (χ4n) is 4.20. The van der Waals surface area contributed by atoms with E-state index in [-0.39, 0.29) is 36.3 Å². The number of rotatable bonds is 7. The van der Waals surface area contributed by atoms with Gasteiger partial charge in [-0.05, 0) is 38.1 Å². The summed E-state index contributed by atoms with van der Waals surface area (Å²) in [5.74, 6) is -1.03. The van der Waals surface area contributed by atoms with E-state index >= 15 is 0 Å². The van der Waals surface area contributed by atoms with Crippen LogP contribution in [-0.2, 0) is 4.79 Å². The Bertz CT molecular complexity index is 1150. The zero-order valence-corrected chi connectivity index (χ0v) is 19.2. The summed E-state index contributed by atoms with van der Waals surface area (Å²) in [4.78, 5) is 17.8. The maximum atomic E-state index is 14.6. The quantitative estimate of drug-likeness (QED) is 0.546. The maximum absolute atomic E-state index is 14.6. The summed E-state index contributed by atoms with van der Waals surface area (Å²) < 4.78 is 68.3. The van der Waals surface area contributed by atoms with Crippen molar-refractivity contribution in [3.63, 3.8) is 0 Å². The van der Waals surface area contributed by atoms with E-state index in [0.29, 0.717) is 24.0 Å². The Hall–Kier alpha value is -3.01. The van der Waals surface area contributed by atoms with Crippen LogP contribution in [-0.4, -0.2) is 67.0 Å². The van der Waals surface area contributed by atoms with E-state index in [9.17, 15) is 26.7 Å². The third kappa shape index (κ3) is 5.80. The van der Waals surface area contributed by atoms with Gasteiger partial charge in [0, 0.05) is 36.1 Å². The molecule has 2 N–H and O–H groups in total. The Kier molecular flexibility index (Phi) is 7.12. The molecule has 2 fully saturated rings. The number of halogens is 5. The predicted octanol–water partition coefficient (Wildman–Crippen LogP) is 4.75. The van der Waals surface area contributed by atoms with Gasteiger partial charge in [0.2, 0.25) is 5.91 Å². The molecule has 1 aliphatic carbocycles. The number of pyridine rings is 1. The van der Waals surface area contributed by atoms with Crippen molar-refractivity contribution in [2.75, 3.05) is 32.0 Å². The SMILES string of the molecule is C=C(c1nc(/C=C/CNC(=O)[C@H]2C[C@@H]2F)cc2c(N[C@@H]3CCN(C)C[C@@H]3F)cccc12)C(F)(F)F. The molecule has 1 aromatic heterocycles. The molecule has 1 aromatic carbocycles. The minimum absolute atomic E-state index is 0.0797. The summed E-state index contributed by atoms with van der Waals surface area (Å²) in [5, 5.41) is 6.44. The summed E-state index contributed by atoms with van der Waals surface area (Å²) in [6.07, 6.45) is -3.16. The number of anilines is 1. The second kappa shape index (κ2) is 9.93. The van der Waals surface area contributed by atoms with Crippen molar-refractivity contribution in [2.24, 2.45) is 5.92 Å². The normalized spacial score (nSPS) is 25.1. The topological polar surface area (TPSA) is 57.3 Å². The van der Waals surface area contributed by atoms with E-state index in [1.807, 2.05) is 11.9 Å². The summed E-state index contributed by atoms with van der Waals surface area (Å²) in [5.41, 5.74) is -0.685. The Labute approximate surface area is 200 Å². The number of allylic oxidation sites excluding steroid dienone is 1. The molecule has 2 aromatic rings. The van der Waals surface area contributed by atoms with Crippen molar-refractivity contribution < 1.29 is 26.7 Å². The van der Waals surface area contributed by atoms with Gasteiger partial charge in [-0.2, -0.15) is 13.2 Å². The molecule has 1 saturated heterocycles. The molecule has 1 amide bonds. The molecule has 0 radical (unpaired) electrons. The average molecular weight is 495 g/mol. The van der Waals surface area contributed by atoms with Crippen LogP contribution in [0, 0.1) is 5.92 Å². The fraction of sp³-hybridized carbons (Fsp3) is 0.440. The lowest BCUT2D eigenvalue weighted by Crippen LogP contribution is -2.46. The number of carbonyl (C=O) groups excluding carboxylic acids is 1. The average Bonchev–Trinajstić information content (AvgIpc) is 3.53. The lowest BCUT2D eigenvalue weighted by atomic mass is 9.99. The van der Waals surface area contributed by atoms with Crippen molar-refractivity contribution in [1.82, 2.24) is 15.2 Å². The first-order chi connectivity index (χ1) is 16.5. The van der Waals surface area contributed by atoms with Gasteiger partial charge in [0.1, 0.15) is 12.3 Å². The predicted molar refractivity (Wildman–Crippen MR) is 126 cm³/mol. The van der Waals surface area contributed by atoms with Crippen LogP contribution in [0.1, 0.15) is 24.2 Å². The lowest BCUT2D eigenvalue weighted by molar-refractivity contribution is -0.122. The van der Waals surface area contributed by atoms with E-state index in [4.69, 9.17) is 0 Å². The van der Waals surface area contributed by atoms with Crippen LogP contribution in [0.4, 0.5) is 27.6 Å². The van der Waals surface area contributed by atoms with Crippen LogP contribution in [0.15, 0.2) is 36.9 Å². The third-order valence-corrected chi connectivity index (χ3v) is 6.34. The number of carbonyl (C=O) groups is 1. The molecule has 35 heavy (non-hydrogen) atoms. The molecule has 4 atom stereocenters. The highest BCUT2D eigenvalue weighted by molar-refractivity contribution is 6.00. The Morgan fingerprint density at radius 2 is 2.00 bits per heavy atom. The number of piperidine rings is 1. The van der Waals surface area contributed by atoms with E-state index in [1.165, 1.54) is 18.2 Å². The van der Waals surface area contributed by atoms with Crippen LogP contribution in [0.3, 0.4) is 0 Å². The van der Waals surface area contributed by atoms with Crippen molar-refractivity contribution in [3.8, 4) is 0 Å². The number of nitrogens with one attached hydrogen (secondary N) is 2. The maximum Gasteiger partial charge on any atom is 0.417 e. The number of hydrogen-bond donors (Lipinski definition) is 2. The largest absolute Gasteiger partial charge is 0.417 e. The van der Waals surface area contributed by atoms with Crippen LogP contribution >= 0.6 is 0 Å². The van der Waals surface area contributed by atoms with Crippen molar-refractivity contribution >= 4 is 34.0 Å². The first-order valence-electron chi connectivity index (χ1n) is 11.4. The van der Waals surface area contributed by atoms with Crippen molar-refractivity contribution in [2.45, 2.75) is 37.4 Å². The highest BCUT2D eigenvalue weighted by Gasteiger charge is 2.43. The summed E-state index contributed by atoms with van der Waals surface area (Å²) in [6.45, 7) is 4.26. The van der Waals surface area contributed by atoms with E-state index < -0.39 is 42.0 Å². The summed E-state index contributed by atoms with van der Waals surface area (Å²) in [7, 11) is 1.84. The zero-order valence-electron chi connectivity index (χ0n) is 19.2. The molecule has 10 heteroatoms. The molecule has 4 rings (SSSR count). The van der Waals surface area contributed by atoms with Gasteiger partial charge in [-0.3, -0.25) is 4.79 Å². The Morgan fingerprint density at radius 1 is 1.26 bits per heavy atom. The van der Waals surface area contributed by atoms with Gasteiger partial charge in [0.05, 0.1) is 28.9 Å². The first-order valence-corrected chi connectivity index (χ1v) is 11.4. The molecular weight excluding hydrogens is 467 g/mol. The molecular formula is C25H27F5N4O. The fourth-order valence-corrected chi connectivity index (χ4v) is 4.20. The summed E-state index contributed by atoms with van der Waals surface area (Å²) in [6, 6.07) is 5.96. The zero-order chi connectivity index (χ0) is 25.3. The van der Waals surface area contributed by atoms with Crippen LogP contribution in [0.25, 0.3) is 22.4 Å². The monoisotopic (exact) mass is 494 g/mol. The molecule has 0 bridgehead atoms. The second-order valence-electron chi connectivity index (χ2n) is 9.10. The number of amides is 1. The van der Waals surface area contributed by atoms with Gasteiger partial charge >= 0.3 is 6.18 Å².